The summed E-state index contributed by atoms with van der Waals surface area (Å²) in [5, 5.41) is 2.52. The van der Waals surface area contributed by atoms with Gasteiger partial charge < -0.3 is 9.31 Å². The van der Waals surface area contributed by atoms with Crippen molar-refractivity contribution in [3.05, 3.63) is 29.7 Å². The first-order valence-corrected chi connectivity index (χ1v) is 7.60. The van der Waals surface area contributed by atoms with Crippen LogP contribution in [0.1, 0.15) is 27.7 Å². The Morgan fingerprint density at radius 2 is 1.81 bits per heavy atom. The largest absolute Gasteiger partial charge is 0.499 e. The third-order valence-electron chi connectivity index (χ3n) is 4.04. The number of pyridine rings is 1. The first-order chi connectivity index (χ1) is 9.80. The van der Waals surface area contributed by atoms with Crippen LogP contribution in [0.3, 0.4) is 0 Å². The van der Waals surface area contributed by atoms with E-state index in [2.05, 4.69) is 9.97 Å². The fourth-order valence-corrected chi connectivity index (χ4v) is 2.67. The van der Waals surface area contributed by atoms with Gasteiger partial charge in [0.15, 0.2) is 0 Å². The zero-order valence-electron chi connectivity index (χ0n) is 12.4. The van der Waals surface area contributed by atoms with Crippen LogP contribution in [0, 0.1) is 5.95 Å². The summed E-state index contributed by atoms with van der Waals surface area (Å²) < 4.78 is 26.0. The lowest BCUT2D eigenvalue weighted by molar-refractivity contribution is 0.00578. The number of halogens is 1. The number of thiazole rings is 1. The van der Waals surface area contributed by atoms with E-state index in [9.17, 15) is 4.39 Å². The maximum Gasteiger partial charge on any atom is 0.499 e. The summed E-state index contributed by atoms with van der Waals surface area (Å²) in [6.45, 7) is 7.73. The van der Waals surface area contributed by atoms with Crippen LogP contribution in [-0.4, -0.2) is 28.3 Å². The van der Waals surface area contributed by atoms with Gasteiger partial charge in [-0.3, -0.25) is 0 Å². The lowest BCUT2D eigenvalue weighted by Gasteiger charge is -2.32. The average Bonchev–Trinajstić information content (AvgIpc) is 2.96. The molecular formula is C14H16BFN2O2S. The van der Waals surface area contributed by atoms with Gasteiger partial charge in [-0.05, 0) is 33.8 Å². The molecular weight excluding hydrogens is 290 g/mol. The molecule has 0 aliphatic carbocycles. The molecule has 7 heteroatoms. The standard InChI is InChI=1S/C14H16BFN2O2S/c1-13(2)14(3,4)20-15(19-13)9-5-6-10(18-11(9)16)12-17-7-8-21-12/h5-8H,1-4H3. The van der Waals surface area contributed by atoms with E-state index in [1.165, 1.54) is 11.3 Å². The van der Waals surface area contributed by atoms with Crippen LogP contribution in [0.15, 0.2) is 23.7 Å². The normalized spacial score (nSPS) is 20.0. The summed E-state index contributed by atoms with van der Waals surface area (Å²) in [4.78, 5) is 8.10. The van der Waals surface area contributed by atoms with E-state index in [1.54, 1.807) is 18.3 Å². The highest BCUT2D eigenvalue weighted by molar-refractivity contribution is 7.13. The lowest BCUT2D eigenvalue weighted by atomic mass is 9.80. The second kappa shape index (κ2) is 4.86. The summed E-state index contributed by atoms with van der Waals surface area (Å²) in [7, 11) is -0.743. The molecule has 0 spiro atoms. The highest BCUT2D eigenvalue weighted by Gasteiger charge is 2.52. The first kappa shape index (κ1) is 14.6. The van der Waals surface area contributed by atoms with Crippen molar-refractivity contribution in [1.29, 1.82) is 0 Å². The topological polar surface area (TPSA) is 44.2 Å². The van der Waals surface area contributed by atoms with E-state index in [4.69, 9.17) is 9.31 Å². The summed E-state index contributed by atoms with van der Waals surface area (Å²) in [6.07, 6.45) is 1.67. The van der Waals surface area contributed by atoms with E-state index < -0.39 is 24.3 Å². The molecule has 3 heterocycles. The van der Waals surface area contributed by atoms with E-state index >= 15 is 0 Å². The van der Waals surface area contributed by atoms with Gasteiger partial charge in [0.1, 0.15) is 10.7 Å². The zero-order chi connectivity index (χ0) is 15.3. The van der Waals surface area contributed by atoms with Gasteiger partial charge in [-0.2, -0.15) is 4.39 Å². The molecule has 2 aromatic rings. The highest BCUT2D eigenvalue weighted by atomic mass is 32.1. The Bertz CT molecular complexity index is 645. The molecule has 110 valence electrons. The van der Waals surface area contributed by atoms with Crippen molar-refractivity contribution < 1.29 is 13.7 Å². The molecule has 3 rings (SSSR count). The fourth-order valence-electron chi connectivity index (χ4n) is 2.06. The molecule has 0 aromatic carbocycles. The van der Waals surface area contributed by atoms with Gasteiger partial charge in [0.25, 0.3) is 0 Å². The molecule has 0 bridgehead atoms. The maximum atomic E-state index is 14.3. The van der Waals surface area contributed by atoms with Crippen molar-refractivity contribution in [2.75, 3.05) is 0 Å². The summed E-state index contributed by atoms with van der Waals surface area (Å²) in [5.74, 6) is -0.582. The molecule has 0 radical (unpaired) electrons. The van der Waals surface area contributed by atoms with Gasteiger partial charge in [-0.25, -0.2) is 9.97 Å². The molecule has 1 saturated heterocycles. The van der Waals surface area contributed by atoms with Crippen molar-refractivity contribution in [3.8, 4) is 10.7 Å². The Morgan fingerprint density at radius 1 is 1.14 bits per heavy atom. The van der Waals surface area contributed by atoms with Gasteiger partial charge in [-0.1, -0.05) is 6.07 Å². The molecule has 0 N–H and O–H groups in total. The summed E-state index contributed by atoms with van der Waals surface area (Å²) >= 11 is 1.42. The van der Waals surface area contributed by atoms with E-state index in [-0.39, 0.29) is 0 Å². The maximum absolute atomic E-state index is 14.3. The Labute approximate surface area is 127 Å². The second-order valence-corrected chi connectivity index (χ2v) is 6.90. The predicted molar refractivity (Wildman–Crippen MR) is 81.0 cm³/mol. The minimum absolute atomic E-state index is 0.314. The third kappa shape index (κ3) is 2.50. The Morgan fingerprint density at radius 3 is 2.33 bits per heavy atom. The molecule has 1 fully saturated rings. The Balaban J connectivity index is 1.91. The Kier molecular flexibility index (Phi) is 3.39. The van der Waals surface area contributed by atoms with Crippen LogP contribution in [0.2, 0.25) is 0 Å². The van der Waals surface area contributed by atoms with Crippen molar-refractivity contribution >= 4 is 23.9 Å². The molecule has 0 saturated carbocycles. The van der Waals surface area contributed by atoms with Crippen molar-refractivity contribution in [1.82, 2.24) is 9.97 Å². The number of nitrogens with zero attached hydrogens (tertiary/aromatic N) is 2. The molecule has 21 heavy (non-hydrogen) atoms. The molecule has 0 amide bonds. The van der Waals surface area contributed by atoms with Crippen LogP contribution in [0.4, 0.5) is 4.39 Å². The molecule has 4 nitrogen and oxygen atoms in total. The monoisotopic (exact) mass is 306 g/mol. The molecule has 2 aromatic heterocycles. The summed E-state index contributed by atoms with van der Waals surface area (Å²) in [6, 6.07) is 3.39. The number of hydrogen-bond donors (Lipinski definition) is 0. The van der Waals surface area contributed by atoms with E-state index in [1.807, 2.05) is 33.1 Å². The second-order valence-electron chi connectivity index (χ2n) is 6.00. The van der Waals surface area contributed by atoms with Crippen molar-refractivity contribution in [2.45, 2.75) is 38.9 Å². The van der Waals surface area contributed by atoms with Gasteiger partial charge in [0.05, 0.1) is 11.2 Å². The lowest BCUT2D eigenvalue weighted by Crippen LogP contribution is -2.41. The first-order valence-electron chi connectivity index (χ1n) is 6.72. The minimum atomic E-state index is -0.743. The van der Waals surface area contributed by atoms with Gasteiger partial charge in [-0.15, -0.1) is 11.3 Å². The van der Waals surface area contributed by atoms with Gasteiger partial charge in [0.2, 0.25) is 5.95 Å². The number of aromatic nitrogens is 2. The predicted octanol–water partition coefficient (Wildman–Crippen LogP) is 2.64. The Hall–Kier alpha value is -1.31. The van der Waals surface area contributed by atoms with Crippen LogP contribution in [0.25, 0.3) is 10.7 Å². The average molecular weight is 306 g/mol. The van der Waals surface area contributed by atoms with E-state index in [0.717, 1.165) is 0 Å². The van der Waals surface area contributed by atoms with E-state index in [0.29, 0.717) is 16.2 Å². The summed E-state index contributed by atoms with van der Waals surface area (Å²) in [5.41, 5.74) is -0.173. The minimum Gasteiger partial charge on any atom is -0.399 e. The highest BCUT2D eigenvalue weighted by Crippen LogP contribution is 2.36. The van der Waals surface area contributed by atoms with Crippen LogP contribution < -0.4 is 5.46 Å². The van der Waals surface area contributed by atoms with Crippen LogP contribution >= 0.6 is 11.3 Å². The smallest absolute Gasteiger partial charge is 0.399 e. The molecule has 1 aliphatic rings. The molecule has 0 atom stereocenters. The van der Waals surface area contributed by atoms with Crippen molar-refractivity contribution in [3.63, 3.8) is 0 Å². The molecule has 0 unspecified atom stereocenters. The van der Waals surface area contributed by atoms with Crippen LogP contribution in [0.5, 0.6) is 0 Å². The zero-order valence-corrected chi connectivity index (χ0v) is 13.2. The number of rotatable bonds is 2. The van der Waals surface area contributed by atoms with Gasteiger partial charge >= 0.3 is 7.12 Å². The van der Waals surface area contributed by atoms with Crippen LogP contribution in [-0.2, 0) is 9.31 Å². The fraction of sp³-hybridized carbons (Fsp3) is 0.429. The number of hydrogen-bond acceptors (Lipinski definition) is 5. The molecule has 1 aliphatic heterocycles. The SMILES string of the molecule is CC1(C)OB(c2ccc(-c3nccs3)nc2F)OC1(C)C. The quantitative estimate of drug-likeness (QED) is 0.632. The van der Waals surface area contributed by atoms with Gasteiger partial charge in [0, 0.05) is 17.0 Å². The third-order valence-corrected chi connectivity index (χ3v) is 4.83. The van der Waals surface area contributed by atoms with Crippen molar-refractivity contribution in [2.24, 2.45) is 0 Å².